The fourth-order valence-electron chi connectivity index (χ4n) is 2.21. The van der Waals surface area contributed by atoms with Gasteiger partial charge in [-0.15, -0.1) is 0 Å². The normalized spacial score (nSPS) is 10.5. The zero-order valence-electron chi connectivity index (χ0n) is 11.4. The molecule has 0 bridgehead atoms. The topological polar surface area (TPSA) is 74.3 Å². The smallest absolute Gasteiger partial charge is 0.265 e. The highest BCUT2D eigenvalue weighted by molar-refractivity contribution is 6.09. The summed E-state index contributed by atoms with van der Waals surface area (Å²) in [6.45, 7) is 0.230. The molecular formula is C15H16N2O3. The van der Waals surface area contributed by atoms with E-state index >= 15 is 0 Å². The zero-order chi connectivity index (χ0) is 14.7. The highest BCUT2D eigenvalue weighted by Crippen LogP contribution is 2.18. The lowest BCUT2D eigenvalue weighted by molar-refractivity contribution is 0.0987. The molecule has 0 aliphatic rings. The number of methoxy groups -OCH3 is 1. The van der Waals surface area contributed by atoms with E-state index in [9.17, 15) is 9.59 Å². The van der Waals surface area contributed by atoms with Crippen molar-refractivity contribution in [2.45, 2.75) is 6.61 Å². The molecule has 0 atom stereocenters. The van der Waals surface area contributed by atoms with Gasteiger partial charge in [0.25, 0.3) is 5.91 Å². The molecule has 0 aliphatic carbocycles. The molecule has 0 spiro atoms. The molecule has 1 amide bonds. The third-order valence-electron chi connectivity index (χ3n) is 3.11. The number of hydrogen-bond donors (Lipinski definition) is 1. The Bertz CT molecular complexity index is 645. The Kier molecular flexibility index (Phi) is 4.00. The Hall–Kier alpha value is -2.40. The minimum absolute atomic E-state index is 0.155. The summed E-state index contributed by atoms with van der Waals surface area (Å²) in [7, 11) is 3.17. The van der Waals surface area contributed by atoms with Gasteiger partial charge < -0.3 is 15.0 Å². The number of amides is 1. The van der Waals surface area contributed by atoms with E-state index in [4.69, 9.17) is 10.5 Å². The first-order valence-electron chi connectivity index (χ1n) is 6.13. The van der Waals surface area contributed by atoms with Gasteiger partial charge in [-0.3, -0.25) is 9.59 Å². The maximum absolute atomic E-state index is 12.4. The Morgan fingerprint density at radius 2 is 1.90 bits per heavy atom. The van der Waals surface area contributed by atoms with Gasteiger partial charge in [-0.1, -0.05) is 30.3 Å². The second-order valence-corrected chi connectivity index (χ2v) is 4.45. The number of ketones is 1. The molecule has 2 aromatic rings. The number of carbonyl (C=O) groups excluding carboxylic acids is 2. The van der Waals surface area contributed by atoms with Crippen LogP contribution in [0.1, 0.15) is 32.1 Å². The lowest BCUT2D eigenvalue weighted by atomic mass is 10.1. The second kappa shape index (κ2) is 5.71. The summed E-state index contributed by atoms with van der Waals surface area (Å²) in [6, 6.07) is 10.5. The van der Waals surface area contributed by atoms with Gasteiger partial charge in [0.15, 0.2) is 0 Å². The van der Waals surface area contributed by atoms with Gasteiger partial charge in [0.1, 0.15) is 5.69 Å². The SMILES string of the molecule is COCc1cc(C(=O)c2ccccc2)n(C)c1C(N)=O. The van der Waals surface area contributed by atoms with E-state index in [1.165, 1.54) is 11.7 Å². The number of rotatable bonds is 5. The van der Waals surface area contributed by atoms with Crippen LogP contribution in [0.25, 0.3) is 0 Å². The van der Waals surface area contributed by atoms with Gasteiger partial charge in [0, 0.05) is 25.3 Å². The van der Waals surface area contributed by atoms with E-state index in [0.29, 0.717) is 22.5 Å². The summed E-state index contributed by atoms with van der Waals surface area (Å²) < 4.78 is 6.56. The van der Waals surface area contributed by atoms with E-state index in [2.05, 4.69) is 0 Å². The van der Waals surface area contributed by atoms with Crippen molar-refractivity contribution < 1.29 is 14.3 Å². The van der Waals surface area contributed by atoms with E-state index in [1.54, 1.807) is 37.4 Å². The fourth-order valence-corrected chi connectivity index (χ4v) is 2.21. The molecular weight excluding hydrogens is 256 g/mol. The molecule has 1 aromatic carbocycles. The second-order valence-electron chi connectivity index (χ2n) is 4.45. The Labute approximate surface area is 117 Å². The molecule has 0 radical (unpaired) electrons. The van der Waals surface area contributed by atoms with E-state index < -0.39 is 5.91 Å². The Morgan fingerprint density at radius 1 is 1.25 bits per heavy atom. The van der Waals surface area contributed by atoms with Crippen LogP contribution >= 0.6 is 0 Å². The van der Waals surface area contributed by atoms with E-state index in [0.717, 1.165) is 0 Å². The molecule has 0 saturated carbocycles. The molecule has 0 aliphatic heterocycles. The Balaban J connectivity index is 2.50. The molecule has 1 aromatic heterocycles. The van der Waals surface area contributed by atoms with Crippen LogP contribution in [0.4, 0.5) is 0 Å². The van der Waals surface area contributed by atoms with Crippen molar-refractivity contribution in [3.63, 3.8) is 0 Å². The number of nitrogens with zero attached hydrogens (tertiary/aromatic N) is 1. The average molecular weight is 272 g/mol. The van der Waals surface area contributed by atoms with Crippen LogP contribution in [0.3, 0.4) is 0 Å². The summed E-state index contributed by atoms with van der Waals surface area (Å²) >= 11 is 0. The molecule has 20 heavy (non-hydrogen) atoms. The largest absolute Gasteiger partial charge is 0.380 e. The Morgan fingerprint density at radius 3 is 2.45 bits per heavy atom. The summed E-state index contributed by atoms with van der Waals surface area (Å²) in [6.07, 6.45) is 0. The first-order chi connectivity index (χ1) is 9.56. The van der Waals surface area contributed by atoms with Crippen LogP contribution in [-0.2, 0) is 18.4 Å². The van der Waals surface area contributed by atoms with Gasteiger partial charge in [0.2, 0.25) is 5.78 Å². The number of nitrogens with two attached hydrogens (primary N) is 1. The van der Waals surface area contributed by atoms with Crippen molar-refractivity contribution in [3.05, 3.63) is 58.9 Å². The van der Waals surface area contributed by atoms with Gasteiger partial charge >= 0.3 is 0 Å². The minimum Gasteiger partial charge on any atom is -0.380 e. The molecule has 0 unspecified atom stereocenters. The molecule has 104 valence electrons. The van der Waals surface area contributed by atoms with Crippen molar-refractivity contribution >= 4 is 11.7 Å². The van der Waals surface area contributed by atoms with E-state index in [-0.39, 0.29) is 12.4 Å². The van der Waals surface area contributed by atoms with Crippen LogP contribution in [-0.4, -0.2) is 23.4 Å². The summed E-state index contributed by atoms with van der Waals surface area (Å²) in [4.78, 5) is 24.0. The molecule has 5 heteroatoms. The molecule has 0 saturated heterocycles. The summed E-state index contributed by atoms with van der Waals surface area (Å²) in [5, 5.41) is 0. The molecule has 0 fully saturated rings. The maximum Gasteiger partial charge on any atom is 0.265 e. The first kappa shape index (κ1) is 14.0. The van der Waals surface area contributed by atoms with Crippen molar-refractivity contribution in [2.24, 2.45) is 12.8 Å². The number of benzene rings is 1. The minimum atomic E-state index is -0.577. The highest BCUT2D eigenvalue weighted by atomic mass is 16.5. The number of aromatic nitrogens is 1. The third kappa shape index (κ3) is 2.48. The van der Waals surface area contributed by atoms with Gasteiger partial charge in [-0.05, 0) is 6.07 Å². The van der Waals surface area contributed by atoms with Crippen molar-refractivity contribution in [3.8, 4) is 0 Å². The van der Waals surface area contributed by atoms with Crippen LogP contribution in [0.2, 0.25) is 0 Å². The fraction of sp³-hybridized carbons (Fsp3) is 0.200. The highest BCUT2D eigenvalue weighted by Gasteiger charge is 2.21. The van der Waals surface area contributed by atoms with Crippen LogP contribution < -0.4 is 5.73 Å². The van der Waals surface area contributed by atoms with Crippen LogP contribution in [0.5, 0.6) is 0 Å². The third-order valence-corrected chi connectivity index (χ3v) is 3.11. The maximum atomic E-state index is 12.4. The van der Waals surface area contributed by atoms with Crippen molar-refractivity contribution in [1.82, 2.24) is 4.57 Å². The van der Waals surface area contributed by atoms with Crippen LogP contribution in [0, 0.1) is 0 Å². The van der Waals surface area contributed by atoms with Crippen molar-refractivity contribution in [2.75, 3.05) is 7.11 Å². The summed E-state index contributed by atoms with van der Waals surface area (Å²) in [5.41, 5.74) is 7.26. The molecule has 5 nitrogen and oxygen atoms in total. The quantitative estimate of drug-likeness (QED) is 0.838. The van der Waals surface area contributed by atoms with Gasteiger partial charge in [-0.25, -0.2) is 0 Å². The lowest BCUT2D eigenvalue weighted by Gasteiger charge is -2.05. The number of hydrogen-bond acceptors (Lipinski definition) is 3. The molecule has 2 rings (SSSR count). The molecule has 1 heterocycles. The monoisotopic (exact) mass is 272 g/mol. The average Bonchev–Trinajstić information content (AvgIpc) is 2.76. The summed E-state index contributed by atoms with van der Waals surface area (Å²) in [5.74, 6) is -0.732. The van der Waals surface area contributed by atoms with E-state index in [1.807, 2.05) is 6.07 Å². The number of ether oxygens (including phenoxy) is 1. The predicted molar refractivity (Wildman–Crippen MR) is 74.5 cm³/mol. The standard InChI is InChI=1S/C15H16N2O3/c1-17-12(14(18)10-6-4-3-5-7-10)8-11(9-20-2)13(17)15(16)19/h3-8H,9H2,1-2H3,(H2,16,19). The number of primary amides is 1. The molecule has 2 N–H and O–H groups in total. The number of carbonyl (C=O) groups is 2. The predicted octanol–water partition coefficient (Wildman–Crippen LogP) is 1.50. The van der Waals surface area contributed by atoms with Gasteiger partial charge in [0.05, 0.1) is 12.3 Å². The lowest BCUT2D eigenvalue weighted by Crippen LogP contribution is -2.19. The van der Waals surface area contributed by atoms with Crippen LogP contribution in [0.15, 0.2) is 36.4 Å². The van der Waals surface area contributed by atoms with Gasteiger partial charge in [-0.2, -0.15) is 0 Å². The zero-order valence-corrected chi connectivity index (χ0v) is 11.4. The van der Waals surface area contributed by atoms with Crippen molar-refractivity contribution in [1.29, 1.82) is 0 Å². The first-order valence-corrected chi connectivity index (χ1v) is 6.13.